The van der Waals surface area contributed by atoms with Crippen LogP contribution in [0.25, 0.3) is 11.1 Å². The zero-order valence-electron chi connectivity index (χ0n) is 16.1. The summed E-state index contributed by atoms with van der Waals surface area (Å²) >= 11 is 0. The highest BCUT2D eigenvalue weighted by Crippen LogP contribution is 2.44. The second-order valence-corrected chi connectivity index (χ2v) is 6.95. The third-order valence-electron chi connectivity index (χ3n) is 5.13. The van der Waals surface area contributed by atoms with Gasteiger partial charge in [0.1, 0.15) is 12.4 Å². The first-order chi connectivity index (χ1) is 14.1. The predicted molar refractivity (Wildman–Crippen MR) is 113 cm³/mol. The van der Waals surface area contributed by atoms with Gasteiger partial charge in [0.2, 0.25) is 0 Å². The minimum Gasteiger partial charge on any atom is -0.506 e. The van der Waals surface area contributed by atoms with Crippen molar-refractivity contribution < 1.29 is 14.6 Å². The second-order valence-electron chi connectivity index (χ2n) is 6.95. The largest absolute Gasteiger partial charge is 0.506 e. The van der Waals surface area contributed by atoms with Gasteiger partial charge in [0.05, 0.1) is 12.1 Å². The van der Waals surface area contributed by atoms with E-state index in [0.29, 0.717) is 5.56 Å². The summed E-state index contributed by atoms with van der Waals surface area (Å²) in [5, 5.41) is 12.6. The summed E-state index contributed by atoms with van der Waals surface area (Å²) in [4.78, 5) is 12.1. The molecule has 1 aliphatic carbocycles. The van der Waals surface area contributed by atoms with Gasteiger partial charge in [0.15, 0.2) is 0 Å². The third-order valence-corrected chi connectivity index (χ3v) is 5.13. The summed E-state index contributed by atoms with van der Waals surface area (Å²) < 4.78 is 5.47. The Morgan fingerprint density at radius 2 is 1.66 bits per heavy atom. The van der Waals surface area contributed by atoms with Crippen molar-refractivity contribution >= 4 is 6.09 Å². The molecule has 2 N–H and O–H groups in total. The van der Waals surface area contributed by atoms with Crippen molar-refractivity contribution in [3.8, 4) is 28.7 Å². The molecule has 0 spiro atoms. The molecule has 0 fully saturated rings. The monoisotopic (exact) mass is 383 g/mol. The summed E-state index contributed by atoms with van der Waals surface area (Å²) in [7, 11) is 0. The van der Waals surface area contributed by atoms with Crippen LogP contribution >= 0.6 is 0 Å². The molecule has 0 saturated carbocycles. The lowest BCUT2D eigenvalue weighted by atomic mass is 9.98. The number of nitrogens with one attached hydrogen (secondary N) is 1. The summed E-state index contributed by atoms with van der Waals surface area (Å²) in [6, 6.07) is 21.8. The standard InChI is InChI=1S/C25H21NO3/c1-17-8-6-9-18(24(17)27)10-7-15-26-25(28)29-16-23-21-13-4-2-11-19(21)20-12-3-5-14-22(20)23/h2-6,8-9,11-14,23,27H,15-16H2,1H3,(H,26,28). The molecule has 4 nitrogen and oxygen atoms in total. The van der Waals surface area contributed by atoms with Crippen molar-refractivity contribution in [2.24, 2.45) is 0 Å². The van der Waals surface area contributed by atoms with Crippen molar-refractivity contribution in [1.82, 2.24) is 5.32 Å². The van der Waals surface area contributed by atoms with Gasteiger partial charge in [-0.1, -0.05) is 72.5 Å². The lowest BCUT2D eigenvalue weighted by molar-refractivity contribution is 0.144. The van der Waals surface area contributed by atoms with Crippen LogP contribution in [0.3, 0.4) is 0 Å². The van der Waals surface area contributed by atoms with Crippen LogP contribution in [-0.4, -0.2) is 24.4 Å². The van der Waals surface area contributed by atoms with E-state index >= 15 is 0 Å². The topological polar surface area (TPSA) is 58.6 Å². The number of carbonyl (C=O) groups is 1. The summed E-state index contributed by atoms with van der Waals surface area (Å²) in [6.45, 7) is 2.23. The average molecular weight is 383 g/mol. The summed E-state index contributed by atoms with van der Waals surface area (Å²) in [6.07, 6.45) is -0.505. The Morgan fingerprint density at radius 3 is 2.34 bits per heavy atom. The first-order valence-electron chi connectivity index (χ1n) is 9.51. The molecule has 0 radical (unpaired) electrons. The number of hydrogen-bond donors (Lipinski definition) is 2. The Labute approximate surface area is 170 Å². The Kier molecular flexibility index (Phi) is 5.22. The Morgan fingerprint density at radius 1 is 1.00 bits per heavy atom. The van der Waals surface area contributed by atoms with Crippen molar-refractivity contribution in [1.29, 1.82) is 0 Å². The molecule has 29 heavy (non-hydrogen) atoms. The van der Waals surface area contributed by atoms with Crippen LogP contribution in [0.4, 0.5) is 4.79 Å². The predicted octanol–water partition coefficient (Wildman–Crippen LogP) is 4.59. The van der Waals surface area contributed by atoms with E-state index in [0.717, 1.165) is 5.56 Å². The van der Waals surface area contributed by atoms with Gasteiger partial charge in [-0.05, 0) is 40.8 Å². The molecule has 4 rings (SSSR count). The normalized spacial score (nSPS) is 11.8. The van der Waals surface area contributed by atoms with Gasteiger partial charge >= 0.3 is 6.09 Å². The minimum atomic E-state index is -0.505. The summed E-state index contributed by atoms with van der Waals surface area (Å²) in [5.74, 6) is 5.90. The maximum absolute atomic E-state index is 12.1. The molecular formula is C25H21NO3. The molecule has 0 atom stereocenters. The Hall–Kier alpha value is -3.71. The fourth-order valence-corrected chi connectivity index (χ4v) is 3.67. The number of phenols is 1. The zero-order valence-corrected chi connectivity index (χ0v) is 16.1. The lowest BCUT2D eigenvalue weighted by Crippen LogP contribution is -2.26. The number of carbonyl (C=O) groups excluding carboxylic acids is 1. The number of phenolic OH excluding ortho intramolecular Hbond substituents is 1. The molecule has 0 saturated heterocycles. The molecule has 0 aliphatic heterocycles. The zero-order chi connectivity index (χ0) is 20.2. The van der Waals surface area contributed by atoms with Crippen LogP contribution in [0.5, 0.6) is 5.75 Å². The first kappa shape index (κ1) is 18.6. The minimum absolute atomic E-state index is 0.0310. The van der Waals surface area contributed by atoms with E-state index in [2.05, 4.69) is 41.4 Å². The van der Waals surface area contributed by atoms with Gasteiger partial charge in [-0.25, -0.2) is 4.79 Å². The molecule has 0 heterocycles. The van der Waals surface area contributed by atoms with Gasteiger partial charge in [-0.2, -0.15) is 0 Å². The van der Waals surface area contributed by atoms with Crippen molar-refractivity contribution in [2.45, 2.75) is 12.8 Å². The average Bonchev–Trinajstić information content (AvgIpc) is 3.06. The van der Waals surface area contributed by atoms with Crippen LogP contribution in [-0.2, 0) is 4.74 Å². The summed E-state index contributed by atoms with van der Waals surface area (Å²) in [5.41, 5.74) is 6.05. The highest BCUT2D eigenvalue weighted by Gasteiger charge is 2.28. The van der Waals surface area contributed by atoms with E-state index in [4.69, 9.17) is 4.74 Å². The van der Waals surface area contributed by atoms with E-state index in [1.165, 1.54) is 22.3 Å². The maximum atomic E-state index is 12.1. The molecule has 144 valence electrons. The molecule has 1 aliphatic rings. The molecule has 3 aromatic carbocycles. The van der Waals surface area contributed by atoms with Crippen LogP contribution < -0.4 is 5.32 Å². The number of rotatable bonds is 3. The number of alkyl carbamates (subject to hydrolysis) is 1. The molecule has 3 aromatic rings. The molecule has 1 amide bonds. The van der Waals surface area contributed by atoms with E-state index in [1.54, 1.807) is 6.07 Å². The van der Waals surface area contributed by atoms with Gasteiger partial charge in [0, 0.05) is 5.92 Å². The number of aryl methyl sites for hydroxylation is 1. The third kappa shape index (κ3) is 3.81. The fourth-order valence-electron chi connectivity index (χ4n) is 3.67. The highest BCUT2D eigenvalue weighted by atomic mass is 16.5. The number of para-hydroxylation sites is 1. The van der Waals surface area contributed by atoms with Gasteiger partial charge in [-0.15, -0.1) is 0 Å². The van der Waals surface area contributed by atoms with Crippen molar-refractivity contribution in [3.05, 3.63) is 89.0 Å². The van der Waals surface area contributed by atoms with Gasteiger partial charge in [0.25, 0.3) is 0 Å². The molecular weight excluding hydrogens is 362 g/mol. The molecule has 0 aromatic heterocycles. The van der Waals surface area contributed by atoms with E-state index in [9.17, 15) is 9.90 Å². The van der Waals surface area contributed by atoms with Crippen LogP contribution in [0.1, 0.15) is 28.2 Å². The van der Waals surface area contributed by atoms with E-state index in [-0.39, 0.29) is 24.8 Å². The quantitative estimate of drug-likeness (QED) is 0.651. The number of ether oxygens (including phenoxy) is 1. The first-order valence-corrected chi connectivity index (χ1v) is 9.51. The lowest BCUT2D eigenvalue weighted by Gasteiger charge is -2.14. The highest BCUT2D eigenvalue weighted by molar-refractivity contribution is 5.79. The van der Waals surface area contributed by atoms with Crippen LogP contribution in [0.2, 0.25) is 0 Å². The van der Waals surface area contributed by atoms with Gasteiger partial charge < -0.3 is 15.2 Å². The van der Waals surface area contributed by atoms with Gasteiger partial charge in [-0.3, -0.25) is 0 Å². The number of fused-ring (bicyclic) bond motifs is 3. The Bertz CT molecular complexity index is 1080. The Balaban J connectivity index is 1.36. The number of benzene rings is 3. The van der Waals surface area contributed by atoms with Crippen LogP contribution in [0.15, 0.2) is 66.7 Å². The number of hydrogen-bond acceptors (Lipinski definition) is 3. The number of amides is 1. The van der Waals surface area contributed by atoms with E-state index in [1.807, 2.05) is 43.3 Å². The second kappa shape index (κ2) is 8.12. The fraction of sp³-hybridized carbons (Fsp3) is 0.160. The van der Waals surface area contributed by atoms with Crippen LogP contribution in [0, 0.1) is 18.8 Å². The molecule has 4 heteroatoms. The van der Waals surface area contributed by atoms with E-state index < -0.39 is 6.09 Å². The molecule has 0 bridgehead atoms. The maximum Gasteiger partial charge on any atom is 0.407 e. The molecule has 0 unspecified atom stereocenters. The smallest absolute Gasteiger partial charge is 0.407 e. The SMILES string of the molecule is Cc1cccc(C#CCNC(=O)OCC2c3ccccc3-c3ccccc32)c1O. The van der Waals surface area contributed by atoms with Crippen molar-refractivity contribution in [2.75, 3.05) is 13.2 Å². The van der Waals surface area contributed by atoms with Crippen molar-refractivity contribution in [3.63, 3.8) is 0 Å². The number of aromatic hydroxyl groups is 1.